The van der Waals surface area contributed by atoms with Gasteiger partial charge in [-0.05, 0) is 44.5 Å². The summed E-state index contributed by atoms with van der Waals surface area (Å²) in [6.07, 6.45) is 2.01. The van der Waals surface area contributed by atoms with Gasteiger partial charge in [-0.1, -0.05) is 18.5 Å². The van der Waals surface area contributed by atoms with Crippen LogP contribution in [-0.4, -0.2) is 16.1 Å². The van der Waals surface area contributed by atoms with Gasteiger partial charge in [-0.25, -0.2) is 9.97 Å². The van der Waals surface area contributed by atoms with E-state index in [0.717, 1.165) is 35.7 Å². The highest BCUT2D eigenvalue weighted by atomic mass is 35.5. The Hall–Kier alpha value is -1.61. The van der Waals surface area contributed by atoms with Crippen LogP contribution in [-0.2, 0) is 6.42 Å². The normalized spacial score (nSPS) is 10.8. The molecule has 0 saturated carbocycles. The van der Waals surface area contributed by atoms with Crippen molar-refractivity contribution in [1.29, 1.82) is 0 Å². The minimum Gasteiger partial charge on any atom is -0.491 e. The number of nitrogens with zero attached hydrogens (tertiary/aromatic N) is 2. The van der Waals surface area contributed by atoms with Gasteiger partial charge in [0.2, 0.25) is 0 Å². The fourth-order valence-electron chi connectivity index (χ4n) is 1.92. The quantitative estimate of drug-likeness (QED) is 0.759. The van der Waals surface area contributed by atoms with Crippen LogP contribution in [0.5, 0.6) is 5.75 Å². The molecule has 0 saturated heterocycles. The zero-order valence-corrected chi connectivity index (χ0v) is 12.8. The first kappa shape index (κ1) is 14.8. The molecule has 2 rings (SSSR count). The number of aryl methyl sites for hydroxylation is 1. The molecule has 0 aliphatic carbocycles. The Morgan fingerprint density at radius 1 is 1.15 bits per heavy atom. The first-order valence-corrected chi connectivity index (χ1v) is 7.27. The monoisotopic (exact) mass is 290 g/mol. The molecule has 1 aromatic heterocycles. The molecule has 0 atom stereocenters. The van der Waals surface area contributed by atoms with E-state index in [9.17, 15) is 0 Å². The van der Waals surface area contributed by atoms with Crippen molar-refractivity contribution >= 4 is 11.6 Å². The van der Waals surface area contributed by atoms with Crippen LogP contribution < -0.4 is 4.74 Å². The maximum absolute atomic E-state index is 6.06. The molecule has 0 N–H and O–H groups in total. The highest BCUT2D eigenvalue weighted by Crippen LogP contribution is 2.23. The van der Waals surface area contributed by atoms with Crippen molar-refractivity contribution in [2.45, 2.75) is 39.7 Å². The van der Waals surface area contributed by atoms with E-state index in [-0.39, 0.29) is 6.10 Å². The van der Waals surface area contributed by atoms with Crippen molar-refractivity contribution in [3.63, 3.8) is 0 Å². The number of rotatable bonds is 5. The summed E-state index contributed by atoms with van der Waals surface area (Å²) in [5.41, 5.74) is 1.87. The van der Waals surface area contributed by atoms with Crippen molar-refractivity contribution in [1.82, 2.24) is 9.97 Å². The molecule has 4 heteroatoms. The lowest BCUT2D eigenvalue weighted by molar-refractivity contribution is 0.242. The van der Waals surface area contributed by atoms with Crippen LogP contribution in [0.15, 0.2) is 30.3 Å². The SMILES string of the molecule is CCCc1nc(Cl)cc(-c2ccc(OC(C)C)cc2)n1. The van der Waals surface area contributed by atoms with Gasteiger partial charge in [0.1, 0.15) is 16.7 Å². The zero-order valence-electron chi connectivity index (χ0n) is 12.1. The first-order valence-electron chi connectivity index (χ1n) is 6.89. The third-order valence-corrected chi connectivity index (χ3v) is 2.93. The van der Waals surface area contributed by atoms with Crippen LogP contribution >= 0.6 is 11.6 Å². The fourth-order valence-corrected chi connectivity index (χ4v) is 2.13. The van der Waals surface area contributed by atoms with E-state index >= 15 is 0 Å². The maximum atomic E-state index is 6.06. The average Bonchev–Trinajstić information content (AvgIpc) is 2.38. The van der Waals surface area contributed by atoms with E-state index in [1.54, 1.807) is 6.07 Å². The van der Waals surface area contributed by atoms with Gasteiger partial charge in [0, 0.05) is 18.1 Å². The van der Waals surface area contributed by atoms with Gasteiger partial charge in [-0.2, -0.15) is 0 Å². The summed E-state index contributed by atoms with van der Waals surface area (Å²) in [7, 11) is 0. The minimum atomic E-state index is 0.172. The summed E-state index contributed by atoms with van der Waals surface area (Å²) in [6.45, 7) is 6.12. The fraction of sp³-hybridized carbons (Fsp3) is 0.375. The largest absolute Gasteiger partial charge is 0.491 e. The van der Waals surface area contributed by atoms with E-state index in [4.69, 9.17) is 16.3 Å². The van der Waals surface area contributed by atoms with E-state index in [0.29, 0.717) is 5.15 Å². The van der Waals surface area contributed by atoms with Crippen LogP contribution in [0.4, 0.5) is 0 Å². The molecular formula is C16H19ClN2O. The van der Waals surface area contributed by atoms with Crippen LogP contribution in [0.2, 0.25) is 5.15 Å². The van der Waals surface area contributed by atoms with Crippen LogP contribution in [0.1, 0.15) is 33.0 Å². The first-order chi connectivity index (χ1) is 9.58. The third-order valence-electron chi connectivity index (χ3n) is 2.74. The van der Waals surface area contributed by atoms with E-state index in [1.807, 2.05) is 38.1 Å². The number of hydrogen-bond acceptors (Lipinski definition) is 3. The molecule has 0 fully saturated rings. The molecule has 0 bridgehead atoms. The van der Waals surface area contributed by atoms with Crippen LogP contribution in [0.25, 0.3) is 11.3 Å². The second-order valence-corrected chi connectivity index (χ2v) is 5.32. The number of hydrogen-bond donors (Lipinski definition) is 0. The maximum Gasteiger partial charge on any atom is 0.133 e. The molecule has 0 aliphatic rings. The standard InChI is InChI=1S/C16H19ClN2O/c1-4-5-16-18-14(10-15(17)19-16)12-6-8-13(9-7-12)20-11(2)3/h6-11H,4-5H2,1-3H3. The predicted octanol–water partition coefficient (Wildman–Crippen LogP) is 4.54. The average molecular weight is 291 g/mol. The number of aromatic nitrogens is 2. The van der Waals surface area contributed by atoms with Gasteiger partial charge < -0.3 is 4.74 Å². The zero-order chi connectivity index (χ0) is 14.5. The third kappa shape index (κ3) is 3.94. The second kappa shape index (κ2) is 6.71. The Morgan fingerprint density at radius 2 is 1.85 bits per heavy atom. The van der Waals surface area contributed by atoms with Crippen LogP contribution in [0.3, 0.4) is 0 Å². The van der Waals surface area contributed by atoms with Crippen molar-refractivity contribution in [2.75, 3.05) is 0 Å². The van der Waals surface area contributed by atoms with E-state index < -0.39 is 0 Å². The molecule has 0 radical (unpaired) electrons. The molecule has 0 spiro atoms. The lowest BCUT2D eigenvalue weighted by atomic mass is 10.1. The smallest absolute Gasteiger partial charge is 0.133 e. The van der Waals surface area contributed by atoms with Crippen molar-refractivity contribution in [3.05, 3.63) is 41.3 Å². The number of benzene rings is 1. The summed E-state index contributed by atoms with van der Waals surface area (Å²) < 4.78 is 5.63. The molecule has 3 nitrogen and oxygen atoms in total. The lowest BCUT2D eigenvalue weighted by Gasteiger charge is -2.10. The molecular weight excluding hydrogens is 272 g/mol. The van der Waals surface area contributed by atoms with Gasteiger partial charge in [-0.3, -0.25) is 0 Å². The van der Waals surface area contributed by atoms with Gasteiger partial charge >= 0.3 is 0 Å². The van der Waals surface area contributed by atoms with Crippen LogP contribution in [0, 0.1) is 0 Å². The molecule has 1 heterocycles. The van der Waals surface area contributed by atoms with Gasteiger partial charge in [-0.15, -0.1) is 0 Å². The highest BCUT2D eigenvalue weighted by Gasteiger charge is 2.06. The van der Waals surface area contributed by atoms with E-state index in [1.165, 1.54) is 0 Å². The summed E-state index contributed by atoms with van der Waals surface area (Å²) in [5.74, 6) is 1.65. The molecule has 0 unspecified atom stereocenters. The Bertz CT molecular complexity index is 567. The lowest BCUT2D eigenvalue weighted by Crippen LogP contribution is -2.05. The molecule has 0 amide bonds. The highest BCUT2D eigenvalue weighted by molar-refractivity contribution is 6.29. The Morgan fingerprint density at radius 3 is 2.45 bits per heavy atom. The van der Waals surface area contributed by atoms with E-state index in [2.05, 4.69) is 16.9 Å². The van der Waals surface area contributed by atoms with Crippen molar-refractivity contribution in [2.24, 2.45) is 0 Å². The molecule has 20 heavy (non-hydrogen) atoms. The Labute approximate surface area is 125 Å². The predicted molar refractivity (Wildman–Crippen MR) is 82.2 cm³/mol. The molecule has 106 valence electrons. The van der Waals surface area contributed by atoms with Gasteiger partial charge in [0.15, 0.2) is 0 Å². The summed E-state index contributed by atoms with van der Waals surface area (Å²) >= 11 is 6.06. The van der Waals surface area contributed by atoms with Gasteiger partial charge in [0.05, 0.1) is 11.8 Å². The molecule has 0 aliphatic heterocycles. The van der Waals surface area contributed by atoms with Crippen molar-refractivity contribution < 1.29 is 4.74 Å². The second-order valence-electron chi connectivity index (χ2n) is 4.93. The Kier molecular flexibility index (Phi) is 4.96. The number of halogens is 1. The summed E-state index contributed by atoms with van der Waals surface area (Å²) in [4.78, 5) is 8.78. The van der Waals surface area contributed by atoms with Crippen molar-refractivity contribution in [3.8, 4) is 17.0 Å². The summed E-state index contributed by atoms with van der Waals surface area (Å²) in [5, 5.41) is 0.487. The Balaban J connectivity index is 2.26. The summed E-state index contributed by atoms with van der Waals surface area (Å²) in [6, 6.07) is 9.67. The number of ether oxygens (including phenoxy) is 1. The van der Waals surface area contributed by atoms with Gasteiger partial charge in [0.25, 0.3) is 0 Å². The minimum absolute atomic E-state index is 0.172. The molecule has 1 aromatic carbocycles. The molecule has 2 aromatic rings. The topological polar surface area (TPSA) is 35.0 Å².